The van der Waals surface area contributed by atoms with Crippen molar-refractivity contribution in [3.05, 3.63) is 0 Å². The smallest absolute Gasteiger partial charge is 0.329 e. The van der Waals surface area contributed by atoms with Crippen LogP contribution in [-0.2, 0) is 14.4 Å². The minimum Gasteiger partial charge on any atom is -0.480 e. The number of hydrogen-bond acceptors (Lipinski definition) is 3. The Bertz CT molecular complexity index is 355. The molecule has 2 N–H and O–H groups in total. The van der Waals surface area contributed by atoms with Crippen LogP contribution in [0.4, 0.5) is 0 Å². The van der Waals surface area contributed by atoms with Crippen molar-refractivity contribution in [2.75, 3.05) is 6.54 Å². The second-order valence-electron chi connectivity index (χ2n) is 4.59. The van der Waals surface area contributed by atoms with Crippen LogP contribution >= 0.6 is 0 Å². The number of carboxylic acids is 1. The molecule has 2 unspecified atom stereocenters. The van der Waals surface area contributed by atoms with Crippen LogP contribution < -0.4 is 5.32 Å². The summed E-state index contributed by atoms with van der Waals surface area (Å²) in [6, 6.07) is -0.690. The second kappa shape index (κ2) is 4.73. The van der Waals surface area contributed by atoms with Gasteiger partial charge in [0.15, 0.2) is 0 Å². The van der Waals surface area contributed by atoms with E-state index in [1.54, 1.807) is 13.8 Å². The molecule has 1 fully saturated rings. The third-order valence-electron chi connectivity index (χ3n) is 3.16. The van der Waals surface area contributed by atoms with Gasteiger partial charge >= 0.3 is 5.97 Å². The van der Waals surface area contributed by atoms with E-state index < -0.39 is 17.6 Å². The summed E-state index contributed by atoms with van der Waals surface area (Å²) in [6.07, 6.45) is 1.11. The molecule has 0 radical (unpaired) electrons. The number of aliphatic carboxylic acids is 1. The highest BCUT2D eigenvalue weighted by atomic mass is 16.4. The fourth-order valence-corrected chi connectivity index (χ4v) is 2.14. The van der Waals surface area contributed by atoms with Crippen LogP contribution in [0.1, 0.15) is 33.6 Å². The number of nitrogens with one attached hydrogen (secondary N) is 1. The Balaban J connectivity index is 2.81. The van der Waals surface area contributed by atoms with Crippen LogP contribution in [0.5, 0.6) is 0 Å². The first-order valence-electron chi connectivity index (χ1n) is 5.61. The van der Waals surface area contributed by atoms with Crippen molar-refractivity contribution in [3.63, 3.8) is 0 Å². The topological polar surface area (TPSA) is 86.7 Å². The monoisotopic (exact) mass is 242 g/mol. The largest absolute Gasteiger partial charge is 0.480 e. The molecule has 6 heteroatoms. The van der Waals surface area contributed by atoms with Gasteiger partial charge in [-0.05, 0) is 26.7 Å². The first kappa shape index (κ1) is 13.5. The lowest BCUT2D eigenvalue weighted by atomic mass is 9.99. The Labute approximate surface area is 100.0 Å². The summed E-state index contributed by atoms with van der Waals surface area (Å²) in [7, 11) is 0. The van der Waals surface area contributed by atoms with Crippen LogP contribution in [-0.4, -0.2) is 45.9 Å². The molecule has 1 heterocycles. The fourth-order valence-electron chi connectivity index (χ4n) is 2.14. The number of carbonyl (C=O) groups excluding carboxylic acids is 2. The van der Waals surface area contributed by atoms with E-state index in [1.807, 2.05) is 0 Å². The fraction of sp³-hybridized carbons (Fsp3) is 0.727. The van der Waals surface area contributed by atoms with Crippen molar-refractivity contribution in [3.8, 4) is 0 Å². The molecule has 2 atom stereocenters. The van der Waals surface area contributed by atoms with E-state index in [2.05, 4.69) is 5.32 Å². The normalized spacial score (nSPS) is 25.5. The van der Waals surface area contributed by atoms with Gasteiger partial charge in [0.2, 0.25) is 11.8 Å². The molecule has 1 aliphatic heterocycles. The van der Waals surface area contributed by atoms with E-state index in [9.17, 15) is 19.5 Å². The number of carboxylic acid groups (broad SMARTS) is 1. The molecule has 0 bridgehead atoms. The molecule has 0 saturated carbocycles. The molecule has 1 aliphatic rings. The minimum absolute atomic E-state index is 0.304. The molecule has 0 aromatic rings. The number of nitrogens with zero attached hydrogens (tertiary/aromatic N) is 1. The van der Waals surface area contributed by atoms with Crippen LogP contribution in [0.3, 0.4) is 0 Å². The van der Waals surface area contributed by atoms with E-state index in [-0.39, 0.29) is 11.8 Å². The van der Waals surface area contributed by atoms with Crippen molar-refractivity contribution in [1.29, 1.82) is 0 Å². The first-order chi connectivity index (χ1) is 7.79. The Morgan fingerprint density at radius 1 is 1.41 bits per heavy atom. The molecule has 2 amide bonds. The predicted octanol–water partition coefficient (Wildman–Crippen LogP) is -0.0233. The number of hydrogen-bond donors (Lipinski definition) is 2. The van der Waals surface area contributed by atoms with E-state index in [4.69, 9.17) is 0 Å². The Morgan fingerprint density at radius 3 is 2.47 bits per heavy atom. The summed E-state index contributed by atoms with van der Waals surface area (Å²) < 4.78 is 0. The van der Waals surface area contributed by atoms with Gasteiger partial charge in [0.1, 0.15) is 11.6 Å². The van der Waals surface area contributed by atoms with Crippen LogP contribution in [0.2, 0.25) is 0 Å². The van der Waals surface area contributed by atoms with Crippen molar-refractivity contribution in [2.24, 2.45) is 0 Å². The van der Waals surface area contributed by atoms with E-state index in [0.29, 0.717) is 19.4 Å². The van der Waals surface area contributed by atoms with Crippen LogP contribution in [0.25, 0.3) is 0 Å². The average Bonchev–Trinajstić information content (AvgIpc) is 2.59. The van der Waals surface area contributed by atoms with Gasteiger partial charge in [0.05, 0.1) is 0 Å². The predicted molar refractivity (Wildman–Crippen MR) is 60.3 cm³/mol. The third kappa shape index (κ3) is 2.57. The molecule has 0 spiro atoms. The lowest BCUT2D eigenvalue weighted by Gasteiger charge is -2.33. The molecule has 1 saturated heterocycles. The highest BCUT2D eigenvalue weighted by molar-refractivity contribution is 5.91. The maximum Gasteiger partial charge on any atom is 0.329 e. The van der Waals surface area contributed by atoms with Crippen molar-refractivity contribution in [2.45, 2.75) is 45.2 Å². The van der Waals surface area contributed by atoms with Crippen LogP contribution in [0, 0.1) is 0 Å². The summed E-state index contributed by atoms with van der Waals surface area (Å²) in [5, 5.41) is 11.6. The van der Waals surface area contributed by atoms with Crippen molar-refractivity contribution >= 4 is 17.8 Å². The molecule has 96 valence electrons. The summed E-state index contributed by atoms with van der Waals surface area (Å²) in [4.78, 5) is 35.5. The van der Waals surface area contributed by atoms with E-state index in [1.165, 1.54) is 11.8 Å². The zero-order valence-electron chi connectivity index (χ0n) is 10.3. The Kier molecular flexibility index (Phi) is 3.75. The SMILES string of the molecule is CC(=O)NC(C)C(=O)N1CCCC1(C)C(=O)O. The molecular weight excluding hydrogens is 224 g/mol. The summed E-state index contributed by atoms with van der Waals surface area (Å²) >= 11 is 0. The summed E-state index contributed by atoms with van der Waals surface area (Å²) in [6.45, 7) is 4.85. The summed E-state index contributed by atoms with van der Waals surface area (Å²) in [5.41, 5.74) is -1.15. The molecule has 17 heavy (non-hydrogen) atoms. The Morgan fingerprint density at radius 2 is 2.00 bits per heavy atom. The van der Waals surface area contributed by atoms with Gasteiger partial charge in [-0.2, -0.15) is 0 Å². The first-order valence-corrected chi connectivity index (χ1v) is 5.61. The van der Waals surface area contributed by atoms with Gasteiger partial charge in [0, 0.05) is 13.5 Å². The quantitative estimate of drug-likeness (QED) is 0.728. The van der Waals surface area contributed by atoms with Crippen molar-refractivity contribution in [1.82, 2.24) is 10.2 Å². The molecule has 0 aliphatic carbocycles. The number of rotatable bonds is 3. The van der Waals surface area contributed by atoms with Gasteiger partial charge in [-0.15, -0.1) is 0 Å². The number of likely N-dealkylation sites (tertiary alicyclic amines) is 1. The zero-order valence-corrected chi connectivity index (χ0v) is 10.3. The Hall–Kier alpha value is -1.59. The lowest BCUT2D eigenvalue weighted by Crippen LogP contribution is -2.56. The third-order valence-corrected chi connectivity index (χ3v) is 3.16. The standard InChI is InChI=1S/C11H18N2O4/c1-7(12-8(2)14)9(15)13-6-4-5-11(13,3)10(16)17/h7H,4-6H2,1-3H3,(H,12,14)(H,16,17). The number of carbonyl (C=O) groups is 3. The highest BCUT2D eigenvalue weighted by Gasteiger charge is 2.46. The van der Waals surface area contributed by atoms with E-state index >= 15 is 0 Å². The average molecular weight is 242 g/mol. The van der Waals surface area contributed by atoms with Gasteiger partial charge < -0.3 is 15.3 Å². The molecular formula is C11H18N2O4. The van der Waals surface area contributed by atoms with Gasteiger partial charge in [-0.1, -0.05) is 0 Å². The number of amides is 2. The highest BCUT2D eigenvalue weighted by Crippen LogP contribution is 2.29. The van der Waals surface area contributed by atoms with Gasteiger partial charge in [0.25, 0.3) is 0 Å². The minimum atomic E-state index is -1.15. The van der Waals surface area contributed by atoms with Gasteiger partial charge in [-0.25, -0.2) is 4.79 Å². The lowest BCUT2D eigenvalue weighted by molar-refractivity contribution is -0.156. The van der Waals surface area contributed by atoms with Crippen LogP contribution in [0.15, 0.2) is 0 Å². The molecule has 6 nitrogen and oxygen atoms in total. The zero-order chi connectivity index (χ0) is 13.2. The molecule has 0 aromatic carbocycles. The second-order valence-corrected chi connectivity index (χ2v) is 4.59. The molecule has 0 aromatic heterocycles. The van der Waals surface area contributed by atoms with Gasteiger partial charge in [-0.3, -0.25) is 9.59 Å². The van der Waals surface area contributed by atoms with Crippen molar-refractivity contribution < 1.29 is 19.5 Å². The maximum absolute atomic E-state index is 12.0. The van der Waals surface area contributed by atoms with E-state index in [0.717, 1.165) is 0 Å². The maximum atomic E-state index is 12.0. The molecule has 1 rings (SSSR count). The summed E-state index contributed by atoms with van der Waals surface area (Å²) in [5.74, 6) is -1.65.